The van der Waals surface area contributed by atoms with E-state index < -0.39 is 12.0 Å². The molecule has 0 fully saturated rings. The Labute approximate surface area is 251 Å². The minimum absolute atomic E-state index is 0.253. The van der Waals surface area contributed by atoms with Gasteiger partial charge in [0.1, 0.15) is 6.61 Å². The van der Waals surface area contributed by atoms with Gasteiger partial charge in [0.15, 0.2) is 16.3 Å². The highest BCUT2D eigenvalue weighted by Gasteiger charge is 2.32. The SMILES string of the molecule is COC(=O)C1=C(C)N=c2sc(=Cc3cc(Br)c(OCc4ccc(Br)cc4)c(OC)c3)c(=O)n2C1c1ccccc1. The molecule has 0 amide bonds. The molecule has 40 heavy (non-hydrogen) atoms. The number of carbonyl (C=O) groups excluding carboxylic acids is 1. The summed E-state index contributed by atoms with van der Waals surface area (Å²) in [6.45, 7) is 2.12. The van der Waals surface area contributed by atoms with E-state index in [1.165, 1.54) is 18.4 Å². The summed E-state index contributed by atoms with van der Waals surface area (Å²) in [6, 6.07) is 20.3. The molecule has 0 spiro atoms. The lowest BCUT2D eigenvalue weighted by molar-refractivity contribution is -0.136. The molecule has 1 aliphatic rings. The van der Waals surface area contributed by atoms with E-state index in [-0.39, 0.29) is 5.56 Å². The van der Waals surface area contributed by atoms with E-state index in [1.54, 1.807) is 24.7 Å². The van der Waals surface area contributed by atoms with Gasteiger partial charge in [-0.2, -0.15) is 0 Å². The standard InChI is InChI=1S/C30H24Br2N2O5S/c1-17-25(29(36)38-3)26(20-7-5-4-6-8-20)34-28(35)24(40-30(34)33-17)15-19-13-22(32)27(23(14-19)37-2)39-16-18-9-11-21(31)12-10-18/h4-15,26H,16H2,1-3H3. The fourth-order valence-electron chi connectivity index (χ4n) is 4.49. The Hall–Kier alpha value is -3.47. The van der Waals surface area contributed by atoms with Gasteiger partial charge in [-0.25, -0.2) is 9.79 Å². The van der Waals surface area contributed by atoms with Crippen LogP contribution in [0.15, 0.2) is 96.7 Å². The third-order valence-corrected chi connectivity index (χ3v) is 8.49. The number of ether oxygens (including phenoxy) is 3. The van der Waals surface area contributed by atoms with Crippen LogP contribution in [0.2, 0.25) is 0 Å². The number of methoxy groups -OCH3 is 2. The summed E-state index contributed by atoms with van der Waals surface area (Å²) >= 11 is 8.31. The molecule has 0 radical (unpaired) electrons. The number of nitrogens with zero attached hydrogens (tertiary/aromatic N) is 2. The minimum Gasteiger partial charge on any atom is -0.493 e. The van der Waals surface area contributed by atoms with Gasteiger partial charge in [-0.15, -0.1) is 0 Å². The van der Waals surface area contributed by atoms with Crippen molar-refractivity contribution in [1.82, 2.24) is 4.57 Å². The first-order chi connectivity index (χ1) is 19.3. The molecular formula is C30H24Br2N2O5S. The minimum atomic E-state index is -0.650. The van der Waals surface area contributed by atoms with Crippen molar-refractivity contribution in [2.24, 2.45) is 4.99 Å². The van der Waals surface area contributed by atoms with Gasteiger partial charge in [-0.05, 0) is 69.9 Å². The highest BCUT2D eigenvalue weighted by molar-refractivity contribution is 9.10. The van der Waals surface area contributed by atoms with Crippen LogP contribution >= 0.6 is 43.2 Å². The van der Waals surface area contributed by atoms with E-state index >= 15 is 0 Å². The summed E-state index contributed by atoms with van der Waals surface area (Å²) in [5, 5.41) is 0. The maximum atomic E-state index is 13.8. The molecule has 0 saturated carbocycles. The third-order valence-electron chi connectivity index (χ3n) is 6.39. The number of halogens is 2. The Morgan fingerprint density at radius 3 is 2.48 bits per heavy atom. The summed E-state index contributed by atoms with van der Waals surface area (Å²) in [7, 11) is 2.90. The van der Waals surface area contributed by atoms with Crippen molar-refractivity contribution < 1.29 is 19.0 Å². The maximum absolute atomic E-state index is 13.8. The van der Waals surface area contributed by atoms with Crippen molar-refractivity contribution >= 4 is 55.2 Å². The van der Waals surface area contributed by atoms with Gasteiger partial charge < -0.3 is 14.2 Å². The van der Waals surface area contributed by atoms with Crippen LogP contribution < -0.4 is 24.4 Å². The van der Waals surface area contributed by atoms with E-state index in [0.717, 1.165) is 21.2 Å². The second kappa shape index (κ2) is 12.0. The molecule has 204 valence electrons. The van der Waals surface area contributed by atoms with Crippen LogP contribution in [0.25, 0.3) is 6.08 Å². The van der Waals surface area contributed by atoms with Crippen LogP contribution in [0, 0.1) is 0 Å². The summed E-state index contributed by atoms with van der Waals surface area (Å²) < 4.78 is 20.5. The van der Waals surface area contributed by atoms with Gasteiger partial charge in [-0.3, -0.25) is 9.36 Å². The van der Waals surface area contributed by atoms with Gasteiger partial charge in [0, 0.05) is 4.47 Å². The fraction of sp³-hybridized carbons (Fsp3) is 0.167. The van der Waals surface area contributed by atoms with Gasteiger partial charge in [0.2, 0.25) is 0 Å². The predicted molar refractivity (Wildman–Crippen MR) is 161 cm³/mol. The van der Waals surface area contributed by atoms with Crippen LogP contribution in [-0.2, 0) is 16.1 Å². The number of rotatable bonds is 7. The fourth-order valence-corrected chi connectivity index (χ4v) is 6.38. The second-order valence-corrected chi connectivity index (χ2v) is 11.7. The topological polar surface area (TPSA) is 79.1 Å². The van der Waals surface area contributed by atoms with Crippen molar-refractivity contribution in [2.75, 3.05) is 14.2 Å². The molecular weight excluding hydrogens is 660 g/mol. The summed E-state index contributed by atoms with van der Waals surface area (Å²) in [5.41, 5.74) is 3.15. The van der Waals surface area contributed by atoms with Crippen LogP contribution in [0.1, 0.15) is 29.7 Å². The average molecular weight is 684 g/mol. The molecule has 7 nitrogen and oxygen atoms in total. The smallest absolute Gasteiger partial charge is 0.338 e. The monoisotopic (exact) mass is 682 g/mol. The second-order valence-electron chi connectivity index (χ2n) is 8.93. The van der Waals surface area contributed by atoms with Crippen LogP contribution in [0.4, 0.5) is 0 Å². The number of aromatic nitrogens is 1. The molecule has 1 atom stereocenters. The summed E-state index contributed by atoms with van der Waals surface area (Å²) in [5.74, 6) is 0.569. The first kappa shape index (κ1) is 28.1. The molecule has 1 aliphatic heterocycles. The van der Waals surface area contributed by atoms with Crippen molar-refractivity contribution in [3.05, 3.63) is 123 Å². The van der Waals surface area contributed by atoms with E-state index in [4.69, 9.17) is 14.2 Å². The van der Waals surface area contributed by atoms with Crippen LogP contribution in [0.5, 0.6) is 11.5 Å². The molecule has 1 unspecified atom stereocenters. The summed E-state index contributed by atoms with van der Waals surface area (Å²) in [4.78, 5) is 31.7. The van der Waals surface area contributed by atoms with Crippen LogP contribution in [0.3, 0.4) is 0 Å². The molecule has 10 heteroatoms. The Bertz CT molecular complexity index is 1790. The quantitative estimate of drug-likeness (QED) is 0.240. The number of hydrogen-bond acceptors (Lipinski definition) is 7. The van der Waals surface area contributed by atoms with E-state index in [2.05, 4.69) is 36.9 Å². The number of carbonyl (C=O) groups is 1. The number of hydrogen-bond donors (Lipinski definition) is 0. The molecule has 0 saturated heterocycles. The molecule has 0 bridgehead atoms. The maximum Gasteiger partial charge on any atom is 0.338 e. The normalized spacial score (nSPS) is 14.9. The highest BCUT2D eigenvalue weighted by Crippen LogP contribution is 2.37. The molecule has 5 rings (SSSR count). The predicted octanol–water partition coefficient (Wildman–Crippen LogP) is 5.52. The highest BCUT2D eigenvalue weighted by atomic mass is 79.9. The number of thiazole rings is 1. The molecule has 0 N–H and O–H groups in total. The number of benzene rings is 3. The first-order valence-electron chi connectivity index (χ1n) is 12.2. The lowest BCUT2D eigenvalue weighted by Gasteiger charge is -2.24. The van der Waals surface area contributed by atoms with Gasteiger partial charge in [0.25, 0.3) is 5.56 Å². The lowest BCUT2D eigenvalue weighted by atomic mass is 9.96. The zero-order chi connectivity index (χ0) is 28.4. The largest absolute Gasteiger partial charge is 0.493 e. The van der Waals surface area contributed by atoms with E-state index in [0.29, 0.717) is 43.2 Å². The van der Waals surface area contributed by atoms with Crippen molar-refractivity contribution in [3.8, 4) is 11.5 Å². The van der Waals surface area contributed by atoms with Crippen molar-refractivity contribution in [2.45, 2.75) is 19.6 Å². The molecule has 1 aromatic heterocycles. The van der Waals surface area contributed by atoms with Crippen molar-refractivity contribution in [1.29, 1.82) is 0 Å². The third kappa shape index (κ3) is 5.56. The Balaban J connectivity index is 1.56. The Kier molecular flexibility index (Phi) is 8.39. The molecule has 4 aromatic rings. The zero-order valence-electron chi connectivity index (χ0n) is 21.8. The van der Waals surface area contributed by atoms with Crippen molar-refractivity contribution in [3.63, 3.8) is 0 Å². The lowest BCUT2D eigenvalue weighted by Crippen LogP contribution is -2.39. The van der Waals surface area contributed by atoms with Crippen LogP contribution in [-0.4, -0.2) is 24.8 Å². The van der Waals surface area contributed by atoms with Gasteiger partial charge in [-0.1, -0.05) is 69.7 Å². The number of fused-ring (bicyclic) bond motifs is 1. The van der Waals surface area contributed by atoms with E-state index in [9.17, 15) is 9.59 Å². The number of esters is 1. The first-order valence-corrected chi connectivity index (χ1v) is 14.6. The molecule has 0 aliphatic carbocycles. The average Bonchev–Trinajstić information content (AvgIpc) is 3.26. The number of allylic oxidation sites excluding steroid dienone is 1. The van der Waals surface area contributed by atoms with E-state index in [1.807, 2.05) is 66.7 Å². The zero-order valence-corrected chi connectivity index (χ0v) is 25.8. The molecule has 2 heterocycles. The Morgan fingerprint density at radius 1 is 1.07 bits per heavy atom. The Morgan fingerprint density at radius 2 is 1.80 bits per heavy atom. The molecule has 3 aromatic carbocycles. The van der Waals surface area contributed by atoms with Gasteiger partial charge >= 0.3 is 5.97 Å². The van der Waals surface area contributed by atoms with Gasteiger partial charge in [0.05, 0.1) is 40.5 Å². The summed E-state index contributed by atoms with van der Waals surface area (Å²) in [6.07, 6.45) is 1.79.